The van der Waals surface area contributed by atoms with Gasteiger partial charge in [0.15, 0.2) is 27.3 Å². The molecule has 5 unspecified atom stereocenters. The zero-order chi connectivity index (χ0) is 26.5. The maximum absolute atomic E-state index is 14.3. The van der Waals surface area contributed by atoms with Gasteiger partial charge in [-0.05, 0) is 77.4 Å². The van der Waals surface area contributed by atoms with E-state index in [1.54, 1.807) is 23.5 Å². The highest BCUT2D eigenvalue weighted by Crippen LogP contribution is 2.70. The molecule has 8 heteroatoms. The van der Waals surface area contributed by atoms with Crippen LogP contribution in [0.15, 0.2) is 28.1 Å². The third-order valence-electron chi connectivity index (χ3n) is 10.2. The monoisotopic (exact) mass is 543 g/mol. The molecule has 6 nitrogen and oxygen atoms in total. The zero-order valence-electron chi connectivity index (χ0n) is 22.5. The number of aliphatic hydroxyl groups is 1. The third kappa shape index (κ3) is 3.58. The summed E-state index contributed by atoms with van der Waals surface area (Å²) >= 11 is 3.10. The first kappa shape index (κ1) is 25.9. The Balaban J connectivity index is 1.36. The number of aliphatic hydroxyl groups excluding tert-OH is 1. The molecular formula is C29H37NO5S2. The van der Waals surface area contributed by atoms with E-state index in [1.807, 2.05) is 26.8 Å². The SMILES string of the molecule is Cc1nc(SCC(=O)[C@@]23OC(C)(C)O[C@@H]2CC2C4CCC5=CC(=O)C=CC5(C)C4[C@@H](O)CC23C)sc1C. The summed E-state index contributed by atoms with van der Waals surface area (Å²) in [6.45, 7) is 12.2. The van der Waals surface area contributed by atoms with E-state index in [2.05, 4.69) is 25.8 Å². The van der Waals surface area contributed by atoms with E-state index >= 15 is 0 Å². The van der Waals surface area contributed by atoms with Crippen molar-refractivity contribution in [1.29, 1.82) is 0 Å². The molecule has 5 aliphatic rings. The number of allylic oxidation sites excluding steroid dienone is 4. The van der Waals surface area contributed by atoms with Crippen LogP contribution in [0.25, 0.3) is 0 Å². The number of ketones is 2. The number of thiazole rings is 1. The topological polar surface area (TPSA) is 85.7 Å². The van der Waals surface area contributed by atoms with Crippen molar-refractivity contribution in [1.82, 2.24) is 4.98 Å². The van der Waals surface area contributed by atoms with Gasteiger partial charge in [-0.2, -0.15) is 0 Å². The number of Topliss-reactive ketones (excluding diaryl/α,β-unsaturated/α-hetero) is 1. The molecule has 0 bridgehead atoms. The Morgan fingerprint density at radius 2 is 2.03 bits per heavy atom. The quantitative estimate of drug-likeness (QED) is 0.523. The number of aromatic nitrogens is 1. The standard InChI is InChI=1S/C29H37NO5S2/c1-15-16(2)37-25(30-15)36-14-22(33)29-23(34-26(3,4)35-29)12-20-19-8-7-17-11-18(31)9-10-27(17,5)24(19)21(32)13-28(20,29)6/h9-11,19-21,23-24,32H,7-8,12-14H2,1-6H3/t19?,20?,21-,23+,24?,27?,28?,29+/m0/s1. The normalized spacial score (nSPS) is 43.6. The van der Waals surface area contributed by atoms with Crippen LogP contribution >= 0.6 is 23.1 Å². The number of ether oxygens (including phenoxy) is 2. The lowest BCUT2D eigenvalue weighted by atomic mass is 9.46. The maximum Gasteiger partial charge on any atom is 0.178 e. The number of rotatable bonds is 4. The summed E-state index contributed by atoms with van der Waals surface area (Å²) in [6, 6.07) is 0. The molecule has 37 heavy (non-hydrogen) atoms. The Morgan fingerprint density at radius 3 is 2.73 bits per heavy atom. The van der Waals surface area contributed by atoms with Crippen LogP contribution in [0.1, 0.15) is 63.9 Å². The van der Waals surface area contributed by atoms with Gasteiger partial charge in [0.1, 0.15) is 0 Å². The van der Waals surface area contributed by atoms with Crippen molar-refractivity contribution < 1.29 is 24.2 Å². The Hall–Kier alpha value is -1.32. The lowest BCUT2D eigenvalue weighted by molar-refractivity contribution is -0.223. The van der Waals surface area contributed by atoms with Crippen LogP contribution in [-0.2, 0) is 19.1 Å². The summed E-state index contributed by atoms with van der Waals surface area (Å²) < 4.78 is 14.1. The second-order valence-electron chi connectivity index (χ2n) is 12.6. The Bertz CT molecular complexity index is 1220. The molecule has 200 valence electrons. The lowest BCUT2D eigenvalue weighted by Crippen LogP contribution is -2.63. The molecule has 0 amide bonds. The fourth-order valence-electron chi connectivity index (χ4n) is 8.66. The van der Waals surface area contributed by atoms with E-state index in [0.717, 1.165) is 34.9 Å². The number of fused-ring (bicyclic) bond motifs is 7. The van der Waals surface area contributed by atoms with Gasteiger partial charge in [-0.1, -0.05) is 37.3 Å². The van der Waals surface area contributed by atoms with Crippen LogP contribution in [0.2, 0.25) is 0 Å². The van der Waals surface area contributed by atoms with Gasteiger partial charge in [0.2, 0.25) is 0 Å². The van der Waals surface area contributed by atoms with Crippen LogP contribution in [0.4, 0.5) is 0 Å². The average Bonchev–Trinajstić information content (AvgIpc) is 3.37. The minimum absolute atomic E-state index is 0.00422. The summed E-state index contributed by atoms with van der Waals surface area (Å²) in [6.07, 6.45) is 7.47. The molecule has 0 aromatic carbocycles. The molecule has 8 atom stereocenters. The van der Waals surface area contributed by atoms with E-state index in [-0.39, 0.29) is 46.6 Å². The van der Waals surface area contributed by atoms with Gasteiger partial charge in [0.05, 0.1) is 23.7 Å². The largest absolute Gasteiger partial charge is 0.393 e. The zero-order valence-corrected chi connectivity index (χ0v) is 24.1. The van der Waals surface area contributed by atoms with E-state index in [1.165, 1.54) is 16.6 Å². The number of aryl methyl sites for hydroxylation is 2. The minimum atomic E-state index is -1.10. The molecule has 3 saturated carbocycles. The minimum Gasteiger partial charge on any atom is -0.393 e. The van der Waals surface area contributed by atoms with Crippen LogP contribution in [0.5, 0.6) is 0 Å². The first-order valence-electron chi connectivity index (χ1n) is 13.4. The molecular weight excluding hydrogens is 506 g/mol. The van der Waals surface area contributed by atoms with Gasteiger partial charge in [-0.25, -0.2) is 4.98 Å². The molecule has 4 aliphatic carbocycles. The number of hydrogen-bond donors (Lipinski definition) is 1. The van der Waals surface area contributed by atoms with E-state index in [0.29, 0.717) is 6.42 Å². The number of hydrogen-bond acceptors (Lipinski definition) is 8. The highest BCUT2D eigenvalue weighted by molar-refractivity contribution is 8.01. The van der Waals surface area contributed by atoms with Crippen LogP contribution < -0.4 is 0 Å². The van der Waals surface area contributed by atoms with E-state index < -0.39 is 22.9 Å². The van der Waals surface area contributed by atoms with Gasteiger partial charge < -0.3 is 14.6 Å². The molecule has 1 aromatic heterocycles. The predicted molar refractivity (Wildman–Crippen MR) is 143 cm³/mol. The second kappa shape index (κ2) is 8.34. The molecule has 1 saturated heterocycles. The molecule has 1 aliphatic heterocycles. The highest BCUT2D eigenvalue weighted by atomic mass is 32.2. The van der Waals surface area contributed by atoms with Crippen molar-refractivity contribution in [2.45, 2.75) is 95.2 Å². The van der Waals surface area contributed by atoms with Gasteiger partial charge in [0, 0.05) is 21.6 Å². The number of carbonyl (C=O) groups is 2. The van der Waals surface area contributed by atoms with Gasteiger partial charge in [0.25, 0.3) is 0 Å². The van der Waals surface area contributed by atoms with Crippen LogP contribution in [0.3, 0.4) is 0 Å². The first-order chi connectivity index (χ1) is 17.3. The van der Waals surface area contributed by atoms with Crippen molar-refractivity contribution in [2.75, 3.05) is 5.75 Å². The average molecular weight is 544 g/mol. The summed E-state index contributed by atoms with van der Waals surface area (Å²) in [4.78, 5) is 32.2. The number of thioether (sulfide) groups is 1. The molecule has 0 spiro atoms. The molecule has 4 fully saturated rings. The van der Waals surface area contributed by atoms with Crippen molar-refractivity contribution in [3.05, 3.63) is 34.4 Å². The highest BCUT2D eigenvalue weighted by Gasteiger charge is 2.76. The van der Waals surface area contributed by atoms with Crippen molar-refractivity contribution in [3.8, 4) is 0 Å². The molecule has 1 aromatic rings. The number of nitrogens with zero attached hydrogens (tertiary/aromatic N) is 1. The molecule has 1 N–H and O–H groups in total. The fourth-order valence-corrected chi connectivity index (χ4v) is 10.8. The number of carbonyl (C=O) groups excluding carboxylic acids is 2. The maximum atomic E-state index is 14.3. The van der Waals surface area contributed by atoms with E-state index in [4.69, 9.17) is 9.47 Å². The second-order valence-corrected chi connectivity index (χ2v) is 15.1. The molecule has 0 radical (unpaired) electrons. The summed E-state index contributed by atoms with van der Waals surface area (Å²) in [5.41, 5.74) is 0.140. The third-order valence-corrected chi connectivity index (χ3v) is 12.5. The summed E-state index contributed by atoms with van der Waals surface area (Å²) in [5.74, 6) is -0.112. The predicted octanol–water partition coefficient (Wildman–Crippen LogP) is 5.20. The van der Waals surface area contributed by atoms with Gasteiger partial charge in [-0.3, -0.25) is 9.59 Å². The van der Waals surface area contributed by atoms with Crippen molar-refractivity contribution >= 4 is 34.7 Å². The van der Waals surface area contributed by atoms with E-state index in [9.17, 15) is 14.7 Å². The van der Waals surface area contributed by atoms with Crippen LogP contribution in [0, 0.1) is 42.4 Å². The summed E-state index contributed by atoms with van der Waals surface area (Å²) in [7, 11) is 0. The Morgan fingerprint density at radius 1 is 1.27 bits per heavy atom. The summed E-state index contributed by atoms with van der Waals surface area (Å²) in [5, 5.41) is 11.8. The van der Waals surface area contributed by atoms with Gasteiger partial charge in [-0.15, -0.1) is 11.3 Å². The van der Waals surface area contributed by atoms with Crippen LogP contribution in [-0.4, -0.2) is 51.0 Å². The fraction of sp³-hybridized carbons (Fsp3) is 0.690. The molecule has 6 rings (SSSR count). The molecule has 2 heterocycles. The first-order valence-corrected chi connectivity index (χ1v) is 15.2. The van der Waals surface area contributed by atoms with Gasteiger partial charge >= 0.3 is 0 Å². The smallest absolute Gasteiger partial charge is 0.178 e. The van der Waals surface area contributed by atoms with Crippen molar-refractivity contribution in [3.63, 3.8) is 0 Å². The lowest BCUT2D eigenvalue weighted by Gasteiger charge is -2.60. The van der Waals surface area contributed by atoms with Crippen molar-refractivity contribution in [2.24, 2.45) is 28.6 Å². The Labute approximate surface area is 227 Å². The Kier molecular flexibility index (Phi) is 5.84.